The van der Waals surface area contributed by atoms with Crippen LogP contribution in [0.4, 0.5) is 5.69 Å². The molecule has 4 rings (SSSR count). The molecule has 0 bridgehead atoms. The van der Waals surface area contributed by atoms with Crippen LogP contribution in [0.2, 0.25) is 5.02 Å². The molecule has 2 aliphatic heterocycles. The lowest BCUT2D eigenvalue weighted by Crippen LogP contribution is -2.34. The number of piperidine rings is 1. The van der Waals surface area contributed by atoms with Crippen LogP contribution in [0.25, 0.3) is 11.5 Å². The van der Waals surface area contributed by atoms with Crippen molar-refractivity contribution in [3.8, 4) is 23.0 Å². The number of ether oxygens (including phenoxy) is 2. The maximum atomic E-state index is 12.3. The van der Waals surface area contributed by atoms with Gasteiger partial charge in [-0.15, -0.1) is 22.1 Å². The lowest BCUT2D eigenvalue weighted by atomic mass is 10.1. The van der Waals surface area contributed by atoms with E-state index in [2.05, 4.69) is 17.0 Å². The number of nitrogens with two attached hydrogens (primary N) is 1. The number of nitrogens with zero attached hydrogens (tertiary/aromatic N) is 3. The summed E-state index contributed by atoms with van der Waals surface area (Å²) in [5, 5.41) is 4.69. The molecule has 1 fully saturated rings. The molecule has 1 saturated heterocycles. The Kier molecular flexibility index (Phi) is 5.50. The standard InChI is InChI=1S/C16H19ClN4O4.BrH/c1-20-4-2-9(3-5-20)21-16(22)25-15(19-21)10-8-11(17)12(18)14-13(10)23-6-7-24-14;/h8-9H,2-7,18H2,1H3;1H. The van der Waals surface area contributed by atoms with Gasteiger partial charge in [-0.25, -0.2) is 4.79 Å². The molecule has 1 aromatic carbocycles. The van der Waals surface area contributed by atoms with Gasteiger partial charge in [-0.05, 0) is 39.0 Å². The molecule has 0 spiro atoms. The van der Waals surface area contributed by atoms with Crippen LogP contribution < -0.4 is 21.0 Å². The van der Waals surface area contributed by atoms with Crippen LogP contribution >= 0.6 is 28.6 Å². The Morgan fingerprint density at radius 1 is 1.23 bits per heavy atom. The van der Waals surface area contributed by atoms with E-state index in [4.69, 9.17) is 31.2 Å². The summed E-state index contributed by atoms with van der Waals surface area (Å²) < 4.78 is 18.0. The maximum Gasteiger partial charge on any atom is 0.437 e. The number of nitrogen functional groups attached to an aromatic ring is 1. The predicted molar refractivity (Wildman–Crippen MR) is 103 cm³/mol. The van der Waals surface area contributed by atoms with Gasteiger partial charge in [0.2, 0.25) is 0 Å². The Morgan fingerprint density at radius 2 is 1.88 bits per heavy atom. The molecule has 0 saturated carbocycles. The molecule has 0 amide bonds. The Morgan fingerprint density at radius 3 is 2.58 bits per heavy atom. The molecule has 2 aromatic rings. The van der Waals surface area contributed by atoms with E-state index in [0.717, 1.165) is 25.9 Å². The average molecular weight is 448 g/mol. The highest BCUT2D eigenvalue weighted by molar-refractivity contribution is 8.93. The third-order valence-electron chi connectivity index (χ3n) is 4.63. The quantitative estimate of drug-likeness (QED) is 0.706. The van der Waals surface area contributed by atoms with E-state index in [1.807, 2.05) is 0 Å². The average Bonchev–Trinajstić information content (AvgIpc) is 3.00. The summed E-state index contributed by atoms with van der Waals surface area (Å²) in [6.45, 7) is 2.59. The lowest BCUT2D eigenvalue weighted by molar-refractivity contribution is 0.173. The Labute approximate surface area is 165 Å². The molecule has 3 heterocycles. The minimum atomic E-state index is -0.483. The van der Waals surface area contributed by atoms with Crippen molar-refractivity contribution in [2.45, 2.75) is 18.9 Å². The van der Waals surface area contributed by atoms with Gasteiger partial charge in [-0.3, -0.25) is 0 Å². The monoisotopic (exact) mass is 446 g/mol. The molecule has 2 N–H and O–H groups in total. The topological polar surface area (TPSA) is 95.8 Å². The third kappa shape index (κ3) is 3.30. The third-order valence-corrected chi connectivity index (χ3v) is 4.95. The largest absolute Gasteiger partial charge is 0.485 e. The highest BCUT2D eigenvalue weighted by atomic mass is 79.9. The second-order valence-electron chi connectivity index (χ2n) is 6.33. The van der Waals surface area contributed by atoms with Gasteiger partial charge in [-0.2, -0.15) is 4.68 Å². The fourth-order valence-electron chi connectivity index (χ4n) is 3.22. The van der Waals surface area contributed by atoms with Crippen LogP contribution in [0.3, 0.4) is 0 Å². The highest BCUT2D eigenvalue weighted by Gasteiger charge is 2.28. The van der Waals surface area contributed by atoms with Crippen LogP contribution in [0.1, 0.15) is 18.9 Å². The summed E-state index contributed by atoms with van der Waals surface area (Å²) in [7, 11) is 2.06. The van der Waals surface area contributed by atoms with E-state index in [0.29, 0.717) is 41.0 Å². The van der Waals surface area contributed by atoms with Gasteiger partial charge in [-0.1, -0.05) is 11.6 Å². The minimum absolute atomic E-state index is 0. The highest BCUT2D eigenvalue weighted by Crippen LogP contribution is 2.46. The smallest absolute Gasteiger partial charge is 0.437 e. The molecule has 0 radical (unpaired) electrons. The number of likely N-dealkylation sites (tertiary alicyclic amines) is 1. The first kappa shape index (κ1) is 19.1. The van der Waals surface area contributed by atoms with E-state index in [1.54, 1.807) is 6.07 Å². The number of halogens is 2. The molecular weight excluding hydrogens is 428 g/mol. The summed E-state index contributed by atoms with van der Waals surface area (Å²) >= 11 is 6.19. The fraction of sp³-hybridized carbons (Fsp3) is 0.500. The van der Waals surface area contributed by atoms with Crippen LogP contribution in [0.5, 0.6) is 11.5 Å². The number of aromatic nitrogens is 2. The molecule has 8 nitrogen and oxygen atoms in total. The van der Waals surface area contributed by atoms with Gasteiger partial charge in [0, 0.05) is 0 Å². The van der Waals surface area contributed by atoms with Crippen molar-refractivity contribution in [1.29, 1.82) is 0 Å². The van der Waals surface area contributed by atoms with Gasteiger partial charge >= 0.3 is 5.76 Å². The van der Waals surface area contributed by atoms with Gasteiger partial charge in [0.25, 0.3) is 5.89 Å². The summed E-state index contributed by atoms with van der Waals surface area (Å²) in [6.07, 6.45) is 1.70. The number of anilines is 1. The molecule has 2 aliphatic rings. The van der Waals surface area contributed by atoms with Crippen LogP contribution in [0.15, 0.2) is 15.3 Å². The number of hydrogen-bond acceptors (Lipinski definition) is 7. The van der Waals surface area contributed by atoms with E-state index < -0.39 is 5.76 Å². The Bertz CT molecular complexity index is 861. The first-order valence-electron chi connectivity index (χ1n) is 8.20. The van der Waals surface area contributed by atoms with Gasteiger partial charge < -0.3 is 24.5 Å². The summed E-state index contributed by atoms with van der Waals surface area (Å²) in [5.74, 6) is 0.450. The molecule has 0 atom stereocenters. The minimum Gasteiger partial charge on any atom is -0.485 e. The zero-order valence-electron chi connectivity index (χ0n) is 14.2. The van der Waals surface area contributed by atoms with Gasteiger partial charge in [0.05, 0.1) is 22.3 Å². The first-order chi connectivity index (χ1) is 12.0. The van der Waals surface area contributed by atoms with E-state index in [-0.39, 0.29) is 28.9 Å². The molecule has 1 aromatic heterocycles. The summed E-state index contributed by atoms with van der Waals surface area (Å²) in [4.78, 5) is 14.5. The zero-order chi connectivity index (χ0) is 17.6. The van der Waals surface area contributed by atoms with Crippen LogP contribution in [-0.4, -0.2) is 48.0 Å². The van der Waals surface area contributed by atoms with Crippen molar-refractivity contribution in [2.24, 2.45) is 0 Å². The molecule has 0 unspecified atom stereocenters. The molecular formula is C16H20BrClN4O4. The zero-order valence-corrected chi connectivity index (χ0v) is 16.7. The van der Waals surface area contributed by atoms with Crippen molar-refractivity contribution in [3.05, 3.63) is 21.6 Å². The normalized spacial score (nSPS) is 17.8. The summed E-state index contributed by atoms with van der Waals surface area (Å²) in [5.41, 5.74) is 6.73. The molecule has 10 heteroatoms. The Balaban J connectivity index is 0.00000196. The van der Waals surface area contributed by atoms with Crippen LogP contribution in [-0.2, 0) is 0 Å². The molecule has 0 aliphatic carbocycles. The lowest BCUT2D eigenvalue weighted by Gasteiger charge is -2.27. The van der Waals surface area contributed by atoms with Gasteiger partial charge in [0.15, 0.2) is 11.5 Å². The first-order valence-corrected chi connectivity index (χ1v) is 8.58. The second-order valence-corrected chi connectivity index (χ2v) is 6.73. The predicted octanol–water partition coefficient (Wildman–Crippen LogP) is 2.35. The van der Waals surface area contributed by atoms with E-state index >= 15 is 0 Å². The van der Waals surface area contributed by atoms with Crippen molar-refractivity contribution in [2.75, 3.05) is 39.1 Å². The molecule has 142 valence electrons. The van der Waals surface area contributed by atoms with Crippen molar-refractivity contribution in [3.63, 3.8) is 0 Å². The maximum absolute atomic E-state index is 12.3. The summed E-state index contributed by atoms with van der Waals surface area (Å²) in [6, 6.07) is 1.62. The second kappa shape index (κ2) is 7.50. The van der Waals surface area contributed by atoms with Crippen molar-refractivity contribution < 1.29 is 13.9 Å². The van der Waals surface area contributed by atoms with E-state index in [1.165, 1.54) is 4.68 Å². The van der Waals surface area contributed by atoms with Crippen molar-refractivity contribution >= 4 is 34.3 Å². The number of rotatable bonds is 2. The Hall–Kier alpha value is -1.71. The number of benzene rings is 1. The fourth-order valence-corrected chi connectivity index (χ4v) is 3.42. The SMILES string of the molecule is Br.CN1CCC(n2nc(-c3cc(Cl)c(N)c4c3OCCO4)oc2=O)CC1. The van der Waals surface area contributed by atoms with Gasteiger partial charge in [0.1, 0.15) is 13.2 Å². The molecule has 26 heavy (non-hydrogen) atoms. The van der Waals surface area contributed by atoms with Crippen LogP contribution in [0, 0.1) is 0 Å². The van der Waals surface area contributed by atoms with E-state index in [9.17, 15) is 4.79 Å². The van der Waals surface area contributed by atoms with Crippen molar-refractivity contribution in [1.82, 2.24) is 14.7 Å². The number of fused-ring (bicyclic) bond motifs is 1. The number of hydrogen-bond donors (Lipinski definition) is 1.